The van der Waals surface area contributed by atoms with Crippen LogP contribution in [0.4, 0.5) is 4.39 Å². The lowest BCUT2D eigenvalue weighted by Crippen LogP contribution is -2.30. The van der Waals surface area contributed by atoms with Gasteiger partial charge in [-0.25, -0.2) is 4.39 Å². The molecule has 2 aliphatic carbocycles. The zero-order chi connectivity index (χ0) is 20.8. The maximum Gasteiger partial charge on any atom is 0.123 e. The van der Waals surface area contributed by atoms with Gasteiger partial charge in [-0.1, -0.05) is 88.3 Å². The van der Waals surface area contributed by atoms with Gasteiger partial charge < -0.3 is 0 Å². The lowest BCUT2D eigenvalue weighted by Gasteiger charge is -2.42. The number of hydrogen-bond acceptors (Lipinski definition) is 0. The van der Waals surface area contributed by atoms with Crippen molar-refractivity contribution in [3.05, 3.63) is 59.9 Å². The van der Waals surface area contributed by atoms with Crippen LogP contribution in [-0.4, -0.2) is 0 Å². The maximum atomic E-state index is 13.2. The van der Waals surface area contributed by atoms with Gasteiger partial charge in [-0.05, 0) is 84.6 Å². The number of benzene rings is 2. The number of hydrogen-bond donors (Lipinski definition) is 0. The van der Waals surface area contributed by atoms with E-state index in [-0.39, 0.29) is 5.82 Å². The number of unbranched alkanes of at least 4 members (excludes halogenated alkanes) is 4. The molecule has 4 atom stereocenters. The number of rotatable bonds is 8. The molecule has 2 aromatic carbocycles. The Morgan fingerprint density at radius 3 is 2.07 bits per heavy atom. The van der Waals surface area contributed by atoms with Crippen LogP contribution < -0.4 is 0 Å². The Kier molecular flexibility index (Phi) is 7.63. The average Bonchev–Trinajstić information content (AvgIpc) is 2.79. The normalized spacial score (nSPS) is 26.3. The summed E-state index contributed by atoms with van der Waals surface area (Å²) in [5.41, 5.74) is 3.80. The standard InChI is InChI=1S/C29H39F/c1-2-3-4-5-6-7-22-8-9-28-21-27(15-14-26(28)20-22)25-12-10-23(11-13-25)24-16-18-29(30)19-17-24/h10-13,16-19,22,26-28H,2-9,14-15,20-21H2,1H3. The molecule has 0 nitrogen and oxygen atoms in total. The van der Waals surface area contributed by atoms with Gasteiger partial charge in [0.1, 0.15) is 5.82 Å². The Labute approximate surface area is 183 Å². The van der Waals surface area contributed by atoms with Crippen LogP contribution in [0, 0.1) is 23.6 Å². The van der Waals surface area contributed by atoms with Crippen molar-refractivity contribution >= 4 is 0 Å². The molecule has 162 valence electrons. The summed E-state index contributed by atoms with van der Waals surface area (Å²) < 4.78 is 13.2. The zero-order valence-corrected chi connectivity index (χ0v) is 18.8. The van der Waals surface area contributed by atoms with Gasteiger partial charge >= 0.3 is 0 Å². The van der Waals surface area contributed by atoms with E-state index >= 15 is 0 Å². The van der Waals surface area contributed by atoms with Crippen LogP contribution in [0.2, 0.25) is 0 Å². The van der Waals surface area contributed by atoms with E-state index in [0.29, 0.717) is 0 Å². The molecule has 2 aliphatic rings. The lowest BCUT2D eigenvalue weighted by atomic mass is 9.63. The number of fused-ring (bicyclic) bond motifs is 1. The minimum absolute atomic E-state index is 0.168. The van der Waals surface area contributed by atoms with Gasteiger partial charge in [0.25, 0.3) is 0 Å². The first kappa shape index (κ1) is 21.6. The molecule has 2 saturated carbocycles. The van der Waals surface area contributed by atoms with E-state index < -0.39 is 0 Å². The van der Waals surface area contributed by atoms with E-state index in [1.165, 1.54) is 88.2 Å². The highest BCUT2D eigenvalue weighted by Crippen LogP contribution is 2.48. The molecule has 0 amide bonds. The third kappa shape index (κ3) is 5.54. The van der Waals surface area contributed by atoms with Crippen LogP contribution in [0.1, 0.15) is 95.5 Å². The Bertz CT molecular complexity index is 760. The fourth-order valence-electron chi connectivity index (χ4n) is 6.18. The quantitative estimate of drug-likeness (QED) is 0.383. The lowest BCUT2D eigenvalue weighted by molar-refractivity contribution is 0.113. The van der Waals surface area contributed by atoms with E-state index in [1.54, 1.807) is 12.1 Å². The third-order valence-corrected chi connectivity index (χ3v) is 8.00. The molecule has 1 heteroatoms. The van der Waals surface area contributed by atoms with Gasteiger partial charge in [-0.3, -0.25) is 0 Å². The molecule has 2 aromatic rings. The Hall–Kier alpha value is -1.63. The summed E-state index contributed by atoms with van der Waals surface area (Å²) in [7, 11) is 0. The third-order valence-electron chi connectivity index (χ3n) is 8.00. The van der Waals surface area contributed by atoms with Crippen molar-refractivity contribution in [3.63, 3.8) is 0 Å². The molecule has 4 rings (SSSR count). The van der Waals surface area contributed by atoms with Crippen molar-refractivity contribution < 1.29 is 4.39 Å². The highest BCUT2D eigenvalue weighted by atomic mass is 19.1. The van der Waals surface area contributed by atoms with Crippen LogP contribution in [0.25, 0.3) is 11.1 Å². The Morgan fingerprint density at radius 2 is 1.33 bits per heavy atom. The smallest absolute Gasteiger partial charge is 0.123 e. The Morgan fingerprint density at radius 1 is 0.700 bits per heavy atom. The molecule has 30 heavy (non-hydrogen) atoms. The molecule has 0 bridgehead atoms. The predicted octanol–water partition coefficient (Wildman–Crippen LogP) is 9.15. The maximum absolute atomic E-state index is 13.2. The summed E-state index contributed by atoms with van der Waals surface area (Å²) in [6.45, 7) is 2.30. The first-order chi connectivity index (χ1) is 14.7. The average molecular weight is 407 g/mol. The predicted molar refractivity (Wildman–Crippen MR) is 126 cm³/mol. The molecule has 4 unspecified atom stereocenters. The molecule has 0 N–H and O–H groups in total. The molecule has 0 aromatic heterocycles. The second-order valence-corrected chi connectivity index (χ2v) is 10.0. The number of halogens is 1. The highest BCUT2D eigenvalue weighted by molar-refractivity contribution is 5.63. The highest BCUT2D eigenvalue weighted by Gasteiger charge is 2.35. The Balaban J connectivity index is 1.27. The minimum Gasteiger partial charge on any atom is -0.207 e. The van der Waals surface area contributed by atoms with Crippen LogP contribution in [0.3, 0.4) is 0 Å². The first-order valence-electron chi connectivity index (χ1n) is 12.6. The van der Waals surface area contributed by atoms with E-state index in [0.717, 1.165) is 29.2 Å². The molecule has 0 aliphatic heterocycles. The van der Waals surface area contributed by atoms with Crippen molar-refractivity contribution in [2.45, 2.75) is 89.9 Å². The largest absolute Gasteiger partial charge is 0.207 e. The zero-order valence-electron chi connectivity index (χ0n) is 18.8. The molecule has 0 spiro atoms. The summed E-state index contributed by atoms with van der Waals surface area (Å²) in [6.07, 6.45) is 17.3. The van der Waals surface area contributed by atoms with Gasteiger partial charge in [0.15, 0.2) is 0 Å². The van der Waals surface area contributed by atoms with Gasteiger partial charge in [-0.2, -0.15) is 0 Å². The molecular weight excluding hydrogens is 367 g/mol. The van der Waals surface area contributed by atoms with Crippen molar-refractivity contribution in [1.82, 2.24) is 0 Å². The molecule has 0 heterocycles. The van der Waals surface area contributed by atoms with Crippen molar-refractivity contribution in [2.75, 3.05) is 0 Å². The minimum atomic E-state index is -0.168. The van der Waals surface area contributed by atoms with Crippen LogP contribution in [0.5, 0.6) is 0 Å². The summed E-state index contributed by atoms with van der Waals surface area (Å²) >= 11 is 0. The second kappa shape index (κ2) is 10.6. The van der Waals surface area contributed by atoms with Crippen molar-refractivity contribution in [3.8, 4) is 11.1 Å². The summed E-state index contributed by atoms with van der Waals surface area (Å²) in [5.74, 6) is 3.53. The molecular formula is C29H39F. The molecule has 2 fully saturated rings. The van der Waals surface area contributed by atoms with E-state index in [2.05, 4.69) is 31.2 Å². The summed E-state index contributed by atoms with van der Waals surface area (Å²) in [4.78, 5) is 0. The fourth-order valence-corrected chi connectivity index (χ4v) is 6.18. The van der Waals surface area contributed by atoms with E-state index in [4.69, 9.17) is 0 Å². The molecule has 0 saturated heterocycles. The van der Waals surface area contributed by atoms with Gasteiger partial charge in [0.05, 0.1) is 0 Å². The van der Waals surface area contributed by atoms with E-state index in [1.807, 2.05) is 12.1 Å². The SMILES string of the molecule is CCCCCCCC1CCC2CC(c3ccc(-c4ccc(F)cc4)cc3)CCC2C1. The summed E-state index contributed by atoms with van der Waals surface area (Å²) in [6, 6.07) is 15.9. The topological polar surface area (TPSA) is 0 Å². The van der Waals surface area contributed by atoms with Crippen LogP contribution >= 0.6 is 0 Å². The van der Waals surface area contributed by atoms with Gasteiger partial charge in [0, 0.05) is 0 Å². The fraction of sp³-hybridized carbons (Fsp3) is 0.586. The summed E-state index contributed by atoms with van der Waals surface area (Å²) in [5, 5.41) is 0. The van der Waals surface area contributed by atoms with Gasteiger partial charge in [0.2, 0.25) is 0 Å². The van der Waals surface area contributed by atoms with Gasteiger partial charge in [-0.15, -0.1) is 0 Å². The second-order valence-electron chi connectivity index (χ2n) is 10.0. The van der Waals surface area contributed by atoms with Crippen molar-refractivity contribution in [2.24, 2.45) is 17.8 Å². The first-order valence-corrected chi connectivity index (χ1v) is 12.6. The van der Waals surface area contributed by atoms with Crippen LogP contribution in [-0.2, 0) is 0 Å². The monoisotopic (exact) mass is 406 g/mol. The van der Waals surface area contributed by atoms with Crippen LogP contribution in [0.15, 0.2) is 48.5 Å². The van der Waals surface area contributed by atoms with Crippen molar-refractivity contribution in [1.29, 1.82) is 0 Å². The molecule has 0 radical (unpaired) electrons. The van der Waals surface area contributed by atoms with E-state index in [9.17, 15) is 4.39 Å².